The van der Waals surface area contributed by atoms with Gasteiger partial charge in [-0.2, -0.15) is 0 Å². The number of likely N-dealkylation sites (tertiary alicyclic amines) is 1. The van der Waals surface area contributed by atoms with Gasteiger partial charge >= 0.3 is 5.97 Å². The summed E-state index contributed by atoms with van der Waals surface area (Å²) >= 11 is 7.02. The summed E-state index contributed by atoms with van der Waals surface area (Å²) < 4.78 is 2.17. The number of carbonyl (C=O) groups is 1. The number of hydrogen-bond donors (Lipinski definition) is 1. The molecule has 0 unspecified atom stereocenters. The van der Waals surface area contributed by atoms with E-state index in [4.69, 9.17) is 5.11 Å². The maximum Gasteiger partial charge on any atom is 0.303 e. The second-order valence-corrected chi connectivity index (χ2v) is 7.11. The molecular weight excluding hydrogens is 386 g/mol. The Balaban J connectivity index is 1.79. The molecular formula is C15H19Br2NO2. The lowest BCUT2D eigenvalue weighted by atomic mass is 9.92. The van der Waals surface area contributed by atoms with Crippen molar-refractivity contribution in [1.82, 2.24) is 4.90 Å². The van der Waals surface area contributed by atoms with Crippen molar-refractivity contribution in [3.05, 3.63) is 32.7 Å². The fourth-order valence-electron chi connectivity index (χ4n) is 2.66. The van der Waals surface area contributed by atoms with E-state index in [9.17, 15) is 4.79 Å². The van der Waals surface area contributed by atoms with Gasteiger partial charge in [-0.3, -0.25) is 9.69 Å². The van der Waals surface area contributed by atoms with Gasteiger partial charge in [0.05, 0.1) is 0 Å². The fourth-order valence-corrected chi connectivity index (χ4v) is 3.33. The van der Waals surface area contributed by atoms with E-state index in [1.165, 1.54) is 5.56 Å². The van der Waals surface area contributed by atoms with Crippen molar-refractivity contribution in [2.75, 3.05) is 13.1 Å². The van der Waals surface area contributed by atoms with Crippen molar-refractivity contribution in [1.29, 1.82) is 0 Å². The third-order valence-electron chi connectivity index (χ3n) is 3.86. The van der Waals surface area contributed by atoms with Gasteiger partial charge in [-0.15, -0.1) is 0 Å². The molecule has 1 heterocycles. The summed E-state index contributed by atoms with van der Waals surface area (Å²) in [5.41, 5.74) is 1.31. The van der Waals surface area contributed by atoms with E-state index in [-0.39, 0.29) is 0 Å². The first-order chi connectivity index (χ1) is 9.54. The van der Waals surface area contributed by atoms with Crippen LogP contribution in [0.15, 0.2) is 27.1 Å². The lowest BCUT2D eigenvalue weighted by Crippen LogP contribution is -2.33. The Hall–Kier alpha value is -0.390. The Morgan fingerprint density at radius 2 is 1.95 bits per heavy atom. The molecule has 1 aromatic carbocycles. The second kappa shape index (κ2) is 7.57. The molecule has 0 bridgehead atoms. The predicted molar refractivity (Wildman–Crippen MR) is 86.7 cm³/mol. The SMILES string of the molecule is O=C(O)CCC1CCN(Cc2ccc(Br)c(Br)c2)CC1. The number of nitrogens with zero attached hydrogens (tertiary/aromatic N) is 1. The van der Waals surface area contributed by atoms with Crippen LogP contribution in [-0.4, -0.2) is 29.1 Å². The number of carboxylic acids is 1. The average molecular weight is 405 g/mol. The first kappa shape index (κ1) is 16.0. The molecule has 20 heavy (non-hydrogen) atoms. The van der Waals surface area contributed by atoms with Gasteiger partial charge < -0.3 is 5.11 Å². The van der Waals surface area contributed by atoms with Gasteiger partial charge in [0.25, 0.3) is 0 Å². The van der Waals surface area contributed by atoms with Crippen LogP contribution in [-0.2, 0) is 11.3 Å². The van der Waals surface area contributed by atoms with Crippen LogP contribution in [0.5, 0.6) is 0 Å². The van der Waals surface area contributed by atoms with E-state index in [1.54, 1.807) is 0 Å². The van der Waals surface area contributed by atoms with E-state index < -0.39 is 5.97 Å². The van der Waals surface area contributed by atoms with E-state index in [2.05, 4.69) is 55.0 Å². The number of hydrogen-bond acceptors (Lipinski definition) is 2. The molecule has 0 spiro atoms. The minimum absolute atomic E-state index is 0.310. The van der Waals surface area contributed by atoms with Crippen LogP contribution < -0.4 is 0 Å². The first-order valence-electron chi connectivity index (χ1n) is 6.92. The summed E-state index contributed by atoms with van der Waals surface area (Å²) in [6.07, 6.45) is 3.37. The van der Waals surface area contributed by atoms with E-state index in [1.807, 2.05) is 0 Å². The van der Waals surface area contributed by atoms with Crippen LogP contribution in [0, 0.1) is 5.92 Å². The highest BCUT2D eigenvalue weighted by molar-refractivity contribution is 9.13. The molecule has 0 radical (unpaired) electrons. The first-order valence-corrected chi connectivity index (χ1v) is 8.51. The minimum atomic E-state index is -0.674. The summed E-state index contributed by atoms with van der Waals surface area (Å²) in [5, 5.41) is 8.72. The molecule has 1 aromatic rings. The van der Waals surface area contributed by atoms with Crippen molar-refractivity contribution in [2.24, 2.45) is 5.92 Å². The average Bonchev–Trinajstić information content (AvgIpc) is 2.42. The molecule has 3 nitrogen and oxygen atoms in total. The molecule has 1 N–H and O–H groups in total. The highest BCUT2D eigenvalue weighted by atomic mass is 79.9. The predicted octanol–water partition coefficient (Wildman–Crippen LogP) is 4.29. The van der Waals surface area contributed by atoms with Gasteiger partial charge in [-0.25, -0.2) is 0 Å². The van der Waals surface area contributed by atoms with Crippen LogP contribution >= 0.6 is 31.9 Å². The summed E-state index contributed by atoms with van der Waals surface area (Å²) in [6, 6.07) is 6.37. The lowest BCUT2D eigenvalue weighted by Gasteiger charge is -2.31. The molecule has 1 aliphatic rings. The maximum atomic E-state index is 10.6. The Kier molecular flexibility index (Phi) is 6.05. The Morgan fingerprint density at radius 1 is 1.25 bits per heavy atom. The summed E-state index contributed by atoms with van der Waals surface area (Å²) in [7, 11) is 0. The third-order valence-corrected chi connectivity index (χ3v) is 5.74. The topological polar surface area (TPSA) is 40.5 Å². The molecule has 2 rings (SSSR count). The zero-order chi connectivity index (χ0) is 14.5. The standard InChI is InChI=1S/C15H19Br2NO2/c16-13-3-1-12(9-14(13)17)10-18-7-5-11(6-8-18)2-4-15(19)20/h1,3,9,11H,2,4-8,10H2,(H,19,20). The summed E-state index contributed by atoms with van der Waals surface area (Å²) in [6.45, 7) is 3.10. The molecule has 0 saturated carbocycles. The molecule has 0 aliphatic carbocycles. The molecule has 1 aliphatic heterocycles. The van der Waals surface area contributed by atoms with Gasteiger partial charge in [0.1, 0.15) is 0 Å². The zero-order valence-corrected chi connectivity index (χ0v) is 14.5. The second-order valence-electron chi connectivity index (χ2n) is 5.40. The van der Waals surface area contributed by atoms with Crippen LogP contribution in [0.25, 0.3) is 0 Å². The van der Waals surface area contributed by atoms with Crippen molar-refractivity contribution >= 4 is 37.8 Å². The van der Waals surface area contributed by atoms with E-state index in [0.717, 1.165) is 47.8 Å². The molecule has 0 atom stereocenters. The van der Waals surface area contributed by atoms with E-state index >= 15 is 0 Å². The van der Waals surface area contributed by atoms with Crippen molar-refractivity contribution in [2.45, 2.75) is 32.2 Å². The molecule has 0 amide bonds. The van der Waals surface area contributed by atoms with Gasteiger partial charge in [0.15, 0.2) is 0 Å². The van der Waals surface area contributed by atoms with Crippen LogP contribution in [0.1, 0.15) is 31.2 Å². The molecule has 110 valence electrons. The number of halogens is 2. The smallest absolute Gasteiger partial charge is 0.303 e. The fraction of sp³-hybridized carbons (Fsp3) is 0.533. The Morgan fingerprint density at radius 3 is 2.55 bits per heavy atom. The largest absolute Gasteiger partial charge is 0.481 e. The normalized spacial score (nSPS) is 17.3. The Bertz CT molecular complexity index is 471. The lowest BCUT2D eigenvalue weighted by molar-refractivity contribution is -0.137. The Labute approximate surface area is 136 Å². The zero-order valence-electron chi connectivity index (χ0n) is 11.3. The van der Waals surface area contributed by atoms with Gasteiger partial charge in [0.2, 0.25) is 0 Å². The van der Waals surface area contributed by atoms with Crippen LogP contribution in [0.3, 0.4) is 0 Å². The molecule has 1 fully saturated rings. The summed E-state index contributed by atoms with van der Waals surface area (Å²) in [5.74, 6) is -0.0915. The number of benzene rings is 1. The molecule has 0 aromatic heterocycles. The number of piperidine rings is 1. The number of aliphatic carboxylic acids is 1. The quantitative estimate of drug-likeness (QED) is 0.795. The monoisotopic (exact) mass is 403 g/mol. The number of rotatable bonds is 5. The number of carboxylic acid groups (broad SMARTS) is 1. The molecule has 1 saturated heterocycles. The maximum absolute atomic E-state index is 10.6. The minimum Gasteiger partial charge on any atom is -0.481 e. The van der Waals surface area contributed by atoms with Gasteiger partial charge in [-0.05, 0) is 87.8 Å². The highest BCUT2D eigenvalue weighted by Crippen LogP contribution is 2.26. The highest BCUT2D eigenvalue weighted by Gasteiger charge is 2.19. The van der Waals surface area contributed by atoms with Crippen LogP contribution in [0.4, 0.5) is 0 Å². The van der Waals surface area contributed by atoms with Gasteiger partial charge in [-0.1, -0.05) is 6.07 Å². The van der Waals surface area contributed by atoms with Crippen molar-refractivity contribution in [3.63, 3.8) is 0 Å². The van der Waals surface area contributed by atoms with Crippen molar-refractivity contribution in [3.8, 4) is 0 Å². The van der Waals surface area contributed by atoms with E-state index in [0.29, 0.717) is 12.3 Å². The van der Waals surface area contributed by atoms with Crippen LogP contribution in [0.2, 0.25) is 0 Å². The third kappa shape index (κ3) is 4.86. The molecule has 5 heteroatoms. The van der Waals surface area contributed by atoms with Crippen molar-refractivity contribution < 1.29 is 9.90 Å². The summed E-state index contributed by atoms with van der Waals surface area (Å²) in [4.78, 5) is 13.0. The van der Waals surface area contributed by atoms with Gasteiger partial charge in [0, 0.05) is 21.9 Å².